The molecule has 12 rings (SSSR count). The highest BCUT2D eigenvalue weighted by Gasteiger charge is 2.24. The maximum Gasteiger partial charge on any atom is 0.145 e. The van der Waals surface area contributed by atoms with Gasteiger partial charge in [0.1, 0.15) is 22.3 Å². The van der Waals surface area contributed by atoms with Crippen LogP contribution in [0.3, 0.4) is 0 Å². The molecule has 0 spiro atoms. The van der Waals surface area contributed by atoms with Gasteiger partial charge in [0.2, 0.25) is 0 Å². The van der Waals surface area contributed by atoms with Gasteiger partial charge in [-0.1, -0.05) is 164 Å². The van der Waals surface area contributed by atoms with Crippen LogP contribution < -0.4 is 4.90 Å². The zero-order valence-electron chi connectivity index (χ0n) is 32.0. The molecule has 0 radical (unpaired) electrons. The second-order valence-electron chi connectivity index (χ2n) is 15.2. The molecule has 10 aromatic carbocycles. The van der Waals surface area contributed by atoms with Crippen molar-refractivity contribution in [2.75, 3.05) is 4.90 Å². The summed E-state index contributed by atoms with van der Waals surface area (Å²) in [5.41, 5.74) is 13.4. The predicted octanol–water partition coefficient (Wildman–Crippen LogP) is 16.3. The number of hydrogen-bond donors (Lipinski definition) is 0. The van der Waals surface area contributed by atoms with Crippen molar-refractivity contribution in [3.63, 3.8) is 0 Å². The Kier molecular flexibility index (Phi) is 7.54. The van der Waals surface area contributed by atoms with Crippen LogP contribution in [0.4, 0.5) is 17.1 Å². The molecule has 2 heterocycles. The Balaban J connectivity index is 1.05. The van der Waals surface area contributed by atoms with E-state index in [2.05, 4.69) is 205 Å². The van der Waals surface area contributed by atoms with Crippen molar-refractivity contribution in [2.45, 2.75) is 0 Å². The van der Waals surface area contributed by atoms with Gasteiger partial charge in [-0.15, -0.1) is 0 Å². The van der Waals surface area contributed by atoms with E-state index in [-0.39, 0.29) is 0 Å². The summed E-state index contributed by atoms with van der Waals surface area (Å²) in [4.78, 5) is 2.41. The molecule has 0 aliphatic heterocycles. The first-order chi connectivity index (χ1) is 29.3. The fourth-order valence-corrected chi connectivity index (χ4v) is 9.09. The van der Waals surface area contributed by atoms with E-state index < -0.39 is 0 Å². The van der Waals surface area contributed by atoms with Crippen molar-refractivity contribution in [1.29, 1.82) is 0 Å². The molecule has 0 saturated heterocycles. The largest absolute Gasteiger partial charge is 0.455 e. The second kappa shape index (κ2) is 13.4. The quantitative estimate of drug-likeness (QED) is 0.158. The van der Waals surface area contributed by atoms with E-state index in [4.69, 9.17) is 8.83 Å². The van der Waals surface area contributed by atoms with E-state index in [9.17, 15) is 0 Å². The maximum atomic E-state index is 6.78. The van der Waals surface area contributed by atoms with Crippen molar-refractivity contribution in [3.8, 4) is 33.4 Å². The third-order valence-electron chi connectivity index (χ3n) is 11.9. The van der Waals surface area contributed by atoms with Crippen molar-refractivity contribution < 1.29 is 8.83 Å². The van der Waals surface area contributed by atoms with Gasteiger partial charge in [-0.3, -0.25) is 0 Å². The number of furan rings is 2. The molecule has 0 atom stereocenters. The highest BCUT2D eigenvalue weighted by Crippen LogP contribution is 2.48. The van der Waals surface area contributed by atoms with Crippen LogP contribution in [-0.4, -0.2) is 0 Å². The summed E-state index contributed by atoms with van der Waals surface area (Å²) < 4.78 is 13.4. The van der Waals surface area contributed by atoms with Gasteiger partial charge in [-0.2, -0.15) is 0 Å². The molecule has 0 amide bonds. The van der Waals surface area contributed by atoms with Crippen LogP contribution in [0.15, 0.2) is 221 Å². The Bertz CT molecular complexity index is 3540. The summed E-state index contributed by atoms with van der Waals surface area (Å²) in [6.07, 6.45) is 0. The standard InChI is InChI=1S/C56H35NO2/c1-3-13-37(14-4-1)43-20-11-22-48-47-32-28-40(35-53(47)59-55(43)48)36-25-29-41(30-26-36)57(50-23-12-21-45-42-18-8-7-17-39(42)27-31-46(45)50)51-34-33-44(38-15-5-2-6-16-38)56-54(51)49-19-9-10-24-52(49)58-56/h1-35H. The monoisotopic (exact) mass is 753 g/mol. The van der Waals surface area contributed by atoms with Crippen LogP contribution in [0.1, 0.15) is 0 Å². The fraction of sp³-hybridized carbons (Fsp3) is 0. The molecule has 3 nitrogen and oxygen atoms in total. The summed E-state index contributed by atoms with van der Waals surface area (Å²) in [7, 11) is 0. The molecular weight excluding hydrogens is 719 g/mol. The molecule has 59 heavy (non-hydrogen) atoms. The lowest BCUT2D eigenvalue weighted by Crippen LogP contribution is -2.11. The first kappa shape index (κ1) is 33.3. The molecule has 0 bridgehead atoms. The average Bonchev–Trinajstić information content (AvgIpc) is 3.89. The summed E-state index contributed by atoms with van der Waals surface area (Å²) >= 11 is 0. The van der Waals surface area contributed by atoms with Crippen LogP contribution in [0.5, 0.6) is 0 Å². The van der Waals surface area contributed by atoms with E-state index in [1.807, 2.05) is 12.1 Å². The molecule has 0 N–H and O–H groups in total. The Morgan fingerprint density at radius 1 is 0.305 bits per heavy atom. The number of nitrogens with zero attached hydrogens (tertiary/aromatic N) is 1. The molecule has 12 aromatic rings. The SMILES string of the molecule is c1ccc(-c2cccc3c2oc2cc(-c4ccc(N(c5cccc6c5ccc5ccccc56)c5ccc(-c6ccccc6)c6oc7ccccc7c56)cc4)ccc23)cc1. The van der Waals surface area contributed by atoms with Crippen molar-refractivity contribution in [2.24, 2.45) is 0 Å². The summed E-state index contributed by atoms with van der Waals surface area (Å²) in [6.45, 7) is 0. The van der Waals surface area contributed by atoms with Gasteiger partial charge in [0.25, 0.3) is 0 Å². The van der Waals surface area contributed by atoms with E-state index in [1.54, 1.807) is 0 Å². The Hall–Kier alpha value is -7.88. The van der Waals surface area contributed by atoms with Gasteiger partial charge >= 0.3 is 0 Å². The van der Waals surface area contributed by atoms with E-state index in [1.165, 1.54) is 21.5 Å². The van der Waals surface area contributed by atoms with Gasteiger partial charge in [0.05, 0.1) is 16.8 Å². The molecule has 3 heteroatoms. The number of rotatable bonds is 6. The van der Waals surface area contributed by atoms with Crippen molar-refractivity contribution >= 4 is 82.5 Å². The van der Waals surface area contributed by atoms with Crippen molar-refractivity contribution in [1.82, 2.24) is 0 Å². The number of benzene rings is 10. The Morgan fingerprint density at radius 2 is 0.932 bits per heavy atom. The smallest absolute Gasteiger partial charge is 0.145 e. The zero-order chi connectivity index (χ0) is 38.9. The molecule has 0 aliphatic carbocycles. The van der Waals surface area contributed by atoms with E-state index in [0.717, 1.165) is 94.3 Å². The highest BCUT2D eigenvalue weighted by atomic mass is 16.3. The molecular formula is C56H35NO2. The number of hydrogen-bond acceptors (Lipinski definition) is 3. The first-order valence-corrected chi connectivity index (χ1v) is 20.1. The van der Waals surface area contributed by atoms with Crippen LogP contribution in [0, 0.1) is 0 Å². The molecule has 2 aromatic heterocycles. The fourth-order valence-electron chi connectivity index (χ4n) is 9.09. The summed E-state index contributed by atoms with van der Waals surface area (Å²) in [6, 6.07) is 75.6. The minimum absolute atomic E-state index is 0.864. The lowest BCUT2D eigenvalue weighted by atomic mass is 9.97. The summed E-state index contributed by atoms with van der Waals surface area (Å²) in [5, 5.41) is 9.24. The summed E-state index contributed by atoms with van der Waals surface area (Å²) in [5.74, 6) is 0. The molecule has 0 saturated carbocycles. The van der Waals surface area contributed by atoms with Crippen molar-refractivity contribution in [3.05, 3.63) is 212 Å². The maximum absolute atomic E-state index is 6.78. The molecule has 0 fully saturated rings. The van der Waals surface area contributed by atoms with Crippen LogP contribution >= 0.6 is 0 Å². The Labute approximate surface area is 340 Å². The topological polar surface area (TPSA) is 29.5 Å². The number of fused-ring (bicyclic) bond motifs is 9. The highest BCUT2D eigenvalue weighted by molar-refractivity contribution is 6.19. The van der Waals surface area contributed by atoms with Gasteiger partial charge in [0.15, 0.2) is 0 Å². The van der Waals surface area contributed by atoms with E-state index >= 15 is 0 Å². The number of para-hydroxylation sites is 2. The van der Waals surface area contributed by atoms with Gasteiger partial charge in [-0.25, -0.2) is 0 Å². The lowest BCUT2D eigenvalue weighted by molar-refractivity contribution is 0.669. The minimum Gasteiger partial charge on any atom is -0.455 e. The van der Waals surface area contributed by atoms with Crippen LogP contribution in [-0.2, 0) is 0 Å². The average molecular weight is 754 g/mol. The van der Waals surface area contributed by atoms with Crippen LogP contribution in [0.2, 0.25) is 0 Å². The van der Waals surface area contributed by atoms with Gasteiger partial charge in [-0.05, 0) is 86.9 Å². The normalized spacial score (nSPS) is 11.7. The lowest BCUT2D eigenvalue weighted by Gasteiger charge is -2.28. The van der Waals surface area contributed by atoms with Crippen LogP contribution in [0.25, 0.3) is 98.8 Å². The molecule has 276 valence electrons. The van der Waals surface area contributed by atoms with Gasteiger partial charge in [0, 0.05) is 38.4 Å². The number of anilines is 3. The minimum atomic E-state index is 0.864. The molecule has 0 unspecified atom stereocenters. The predicted molar refractivity (Wildman–Crippen MR) is 247 cm³/mol. The third-order valence-corrected chi connectivity index (χ3v) is 11.9. The first-order valence-electron chi connectivity index (χ1n) is 20.1. The molecule has 0 aliphatic rings. The van der Waals surface area contributed by atoms with Gasteiger partial charge < -0.3 is 13.7 Å². The Morgan fingerprint density at radius 3 is 1.75 bits per heavy atom. The van der Waals surface area contributed by atoms with E-state index in [0.29, 0.717) is 0 Å². The third kappa shape index (κ3) is 5.36. The zero-order valence-corrected chi connectivity index (χ0v) is 32.0. The second-order valence-corrected chi connectivity index (χ2v) is 15.2.